The molecule has 61 valence electrons. The van der Waals surface area contributed by atoms with E-state index in [-0.39, 0.29) is 4.87 Å². The van der Waals surface area contributed by atoms with Gasteiger partial charge in [0, 0.05) is 7.05 Å². The van der Waals surface area contributed by atoms with Gasteiger partial charge in [-0.2, -0.15) is 0 Å². The molecule has 0 bridgehead atoms. The Hall–Kier alpha value is -1.09. The molecule has 2 aromatic rings. The largest absolute Gasteiger partial charge is 0.307 e. The fraction of sp³-hybridized carbons (Fsp3) is 0.111. The van der Waals surface area contributed by atoms with Crippen LogP contribution < -0.4 is 4.87 Å². The van der Waals surface area contributed by atoms with E-state index < -0.39 is 0 Å². The molecule has 2 nitrogen and oxygen atoms in total. The minimum absolute atomic E-state index is 0.0793. The first-order chi connectivity index (χ1) is 5.68. The minimum Gasteiger partial charge on any atom is -0.302 e. The molecule has 0 saturated heterocycles. The van der Waals surface area contributed by atoms with Gasteiger partial charge in [-0.1, -0.05) is 17.4 Å². The van der Waals surface area contributed by atoms with E-state index in [9.17, 15) is 4.79 Å². The predicted octanol–water partition coefficient (Wildman–Crippen LogP) is 1.78. The molecule has 0 unspecified atom stereocenters. The van der Waals surface area contributed by atoms with E-state index in [1.165, 1.54) is 11.3 Å². The minimum atomic E-state index is 0.0793. The molecule has 1 heterocycles. The highest BCUT2D eigenvalue weighted by atomic mass is 32.1. The maximum atomic E-state index is 11.2. The van der Waals surface area contributed by atoms with Crippen molar-refractivity contribution in [2.45, 2.75) is 0 Å². The Morgan fingerprint density at radius 1 is 1.50 bits per heavy atom. The van der Waals surface area contributed by atoms with Gasteiger partial charge in [-0.05, 0) is 24.6 Å². The van der Waals surface area contributed by atoms with Crippen molar-refractivity contribution in [3.05, 3.63) is 40.4 Å². The average Bonchev–Trinajstić information content (AvgIpc) is 2.31. The van der Waals surface area contributed by atoms with E-state index >= 15 is 0 Å². The maximum absolute atomic E-state index is 11.2. The molecule has 0 aliphatic carbocycles. The van der Waals surface area contributed by atoms with Crippen molar-refractivity contribution in [2.75, 3.05) is 0 Å². The molecule has 2 rings (SSSR count). The lowest BCUT2D eigenvalue weighted by Gasteiger charge is -1.94. The smallest absolute Gasteiger partial charge is 0.302 e. The second kappa shape index (κ2) is 2.45. The summed E-state index contributed by atoms with van der Waals surface area (Å²) in [6.07, 6.45) is 0. The third kappa shape index (κ3) is 0.975. The van der Waals surface area contributed by atoms with E-state index in [0.717, 1.165) is 15.8 Å². The number of benzene rings is 1. The summed E-state index contributed by atoms with van der Waals surface area (Å²) in [7, 11) is 1.78. The summed E-state index contributed by atoms with van der Waals surface area (Å²) in [5.41, 5.74) is 1.91. The summed E-state index contributed by atoms with van der Waals surface area (Å²) < 4.78 is 2.67. The predicted molar refractivity (Wildman–Crippen MR) is 51.5 cm³/mol. The van der Waals surface area contributed by atoms with Crippen LogP contribution in [-0.4, -0.2) is 4.57 Å². The molecule has 1 radical (unpaired) electrons. The Labute approximate surface area is 74.1 Å². The van der Waals surface area contributed by atoms with Gasteiger partial charge in [-0.3, -0.25) is 4.79 Å². The normalized spacial score (nSPS) is 10.8. The summed E-state index contributed by atoms with van der Waals surface area (Å²) in [6, 6.07) is 5.77. The number of hydrogen-bond donors (Lipinski definition) is 0. The number of aromatic nitrogens is 1. The van der Waals surface area contributed by atoms with Gasteiger partial charge in [-0.25, -0.2) is 0 Å². The first-order valence-electron chi connectivity index (χ1n) is 3.60. The zero-order valence-corrected chi connectivity index (χ0v) is 7.52. The standard InChI is InChI=1S/C9H8NOS/c1-6-3-4-8-7(5-6)10(2)9(11)12-8/h3-5H,1H2,2H3. The number of aryl methyl sites for hydroxylation is 1. The Morgan fingerprint density at radius 2 is 2.25 bits per heavy atom. The molecule has 0 saturated carbocycles. The van der Waals surface area contributed by atoms with Gasteiger partial charge in [0.1, 0.15) is 0 Å². The molecule has 0 aliphatic heterocycles. The van der Waals surface area contributed by atoms with Gasteiger partial charge in [0.25, 0.3) is 0 Å². The van der Waals surface area contributed by atoms with Crippen LogP contribution in [0.15, 0.2) is 23.0 Å². The molecular weight excluding hydrogens is 170 g/mol. The number of fused-ring (bicyclic) bond motifs is 1. The highest BCUT2D eigenvalue weighted by molar-refractivity contribution is 7.16. The Morgan fingerprint density at radius 3 is 3.00 bits per heavy atom. The maximum Gasteiger partial charge on any atom is 0.307 e. The molecule has 1 aromatic carbocycles. The first-order valence-corrected chi connectivity index (χ1v) is 4.41. The highest BCUT2D eigenvalue weighted by Crippen LogP contribution is 2.17. The third-order valence-electron chi connectivity index (χ3n) is 1.86. The van der Waals surface area contributed by atoms with Gasteiger partial charge in [0.15, 0.2) is 0 Å². The highest BCUT2D eigenvalue weighted by Gasteiger charge is 2.02. The SMILES string of the molecule is [CH2]c1ccc2sc(=O)n(C)c2c1. The molecule has 0 amide bonds. The van der Waals surface area contributed by atoms with Crippen LogP contribution in [0, 0.1) is 6.92 Å². The quantitative estimate of drug-likeness (QED) is 0.602. The summed E-state index contributed by atoms with van der Waals surface area (Å²) in [5.74, 6) is 0. The van der Waals surface area contributed by atoms with Crippen LogP contribution in [0.5, 0.6) is 0 Å². The summed E-state index contributed by atoms with van der Waals surface area (Å²) in [4.78, 5) is 11.3. The van der Waals surface area contributed by atoms with Crippen molar-refractivity contribution in [2.24, 2.45) is 7.05 Å². The summed E-state index contributed by atoms with van der Waals surface area (Å²) in [6.45, 7) is 3.81. The van der Waals surface area contributed by atoms with E-state index in [1.54, 1.807) is 11.6 Å². The van der Waals surface area contributed by atoms with Crippen LogP contribution in [0.3, 0.4) is 0 Å². The van der Waals surface area contributed by atoms with Gasteiger partial charge in [-0.15, -0.1) is 0 Å². The number of hydrogen-bond acceptors (Lipinski definition) is 2. The first kappa shape index (κ1) is 7.55. The zero-order valence-electron chi connectivity index (χ0n) is 6.70. The van der Waals surface area contributed by atoms with Crippen molar-refractivity contribution in [3.63, 3.8) is 0 Å². The average molecular weight is 178 g/mol. The van der Waals surface area contributed by atoms with Crippen LogP contribution in [0.1, 0.15) is 5.56 Å². The monoisotopic (exact) mass is 178 g/mol. The van der Waals surface area contributed by atoms with Crippen LogP contribution in [0.2, 0.25) is 0 Å². The Balaban J connectivity index is 2.98. The number of thiazole rings is 1. The summed E-state index contributed by atoms with van der Waals surface area (Å²) >= 11 is 1.27. The van der Waals surface area contributed by atoms with Gasteiger partial charge >= 0.3 is 4.87 Å². The van der Waals surface area contributed by atoms with Crippen molar-refractivity contribution in [3.8, 4) is 0 Å². The van der Waals surface area contributed by atoms with Crippen LogP contribution in [-0.2, 0) is 7.05 Å². The number of nitrogens with zero attached hydrogens (tertiary/aromatic N) is 1. The molecule has 12 heavy (non-hydrogen) atoms. The van der Waals surface area contributed by atoms with Crippen molar-refractivity contribution in [1.29, 1.82) is 0 Å². The van der Waals surface area contributed by atoms with Crippen LogP contribution in [0.25, 0.3) is 10.2 Å². The topological polar surface area (TPSA) is 22.0 Å². The second-order valence-corrected chi connectivity index (χ2v) is 3.72. The lowest BCUT2D eigenvalue weighted by molar-refractivity contribution is 0.938. The molecule has 0 fully saturated rings. The molecule has 3 heteroatoms. The van der Waals surface area contributed by atoms with Crippen molar-refractivity contribution < 1.29 is 0 Å². The van der Waals surface area contributed by atoms with Gasteiger partial charge in [0.2, 0.25) is 0 Å². The molecule has 1 aromatic heterocycles. The molecule has 0 atom stereocenters. The number of rotatable bonds is 0. The molecular formula is C9H8NOS. The van der Waals surface area contributed by atoms with Gasteiger partial charge in [0.05, 0.1) is 10.2 Å². The van der Waals surface area contributed by atoms with Crippen molar-refractivity contribution in [1.82, 2.24) is 4.57 Å². The fourth-order valence-electron chi connectivity index (χ4n) is 1.17. The van der Waals surface area contributed by atoms with Crippen LogP contribution in [0.4, 0.5) is 0 Å². The van der Waals surface area contributed by atoms with Gasteiger partial charge < -0.3 is 4.57 Å². The fourth-order valence-corrected chi connectivity index (χ4v) is 2.03. The van der Waals surface area contributed by atoms with E-state index in [1.807, 2.05) is 18.2 Å². The molecule has 0 N–H and O–H groups in total. The Bertz CT molecular complexity index is 481. The van der Waals surface area contributed by atoms with Crippen LogP contribution >= 0.6 is 11.3 Å². The lowest BCUT2D eigenvalue weighted by atomic mass is 10.2. The van der Waals surface area contributed by atoms with Crippen molar-refractivity contribution >= 4 is 21.6 Å². The molecule has 0 spiro atoms. The second-order valence-electron chi connectivity index (χ2n) is 2.73. The lowest BCUT2D eigenvalue weighted by Crippen LogP contribution is -2.06. The zero-order chi connectivity index (χ0) is 8.72. The van der Waals surface area contributed by atoms with E-state index in [0.29, 0.717) is 0 Å². The Kier molecular flexibility index (Phi) is 1.54. The summed E-state index contributed by atoms with van der Waals surface area (Å²) in [5, 5.41) is 0. The third-order valence-corrected chi connectivity index (χ3v) is 2.87. The molecule has 0 aliphatic rings. The van der Waals surface area contributed by atoms with E-state index in [4.69, 9.17) is 0 Å². The van der Waals surface area contributed by atoms with E-state index in [2.05, 4.69) is 6.92 Å².